The van der Waals surface area contributed by atoms with E-state index in [4.69, 9.17) is 24.3 Å². The van der Waals surface area contributed by atoms with Crippen LogP contribution in [0.2, 0.25) is 0 Å². The Labute approximate surface area is 192 Å². The Morgan fingerprint density at radius 3 is 2.14 bits per heavy atom. The fraction of sp³-hybridized carbons (Fsp3) is 0.318. The maximum Gasteiger partial charge on any atom is 0.0519 e. The second-order valence-electron chi connectivity index (χ2n) is 6.17. The zero-order chi connectivity index (χ0) is 18.1. The molecule has 2 aliphatic carbocycles. The van der Waals surface area contributed by atoms with Crippen molar-refractivity contribution in [2.75, 3.05) is 0 Å². The van der Waals surface area contributed by atoms with E-state index in [1.807, 2.05) is 6.07 Å². The fourth-order valence-electron chi connectivity index (χ4n) is 3.36. The van der Waals surface area contributed by atoms with E-state index < -0.39 is 17.0 Å². The van der Waals surface area contributed by atoms with Gasteiger partial charge in [0.2, 0.25) is 0 Å². The van der Waals surface area contributed by atoms with Crippen molar-refractivity contribution in [3.05, 3.63) is 80.2 Å². The summed E-state index contributed by atoms with van der Waals surface area (Å²) in [4.78, 5) is 10.5. The molecule has 2 nitrogen and oxygen atoms in total. The van der Waals surface area contributed by atoms with Gasteiger partial charge in [0.1, 0.15) is 0 Å². The molecule has 0 unspecified atom stereocenters. The van der Waals surface area contributed by atoms with Crippen LogP contribution in [0.4, 0.5) is 0 Å². The first-order valence-corrected chi connectivity index (χ1v) is 12.8. The van der Waals surface area contributed by atoms with Crippen molar-refractivity contribution in [1.29, 1.82) is 0 Å². The molecule has 2 aliphatic rings. The number of fused-ring (bicyclic) bond motifs is 3. The van der Waals surface area contributed by atoms with Gasteiger partial charge in [-0.3, -0.25) is 0 Å². The van der Waals surface area contributed by atoms with Crippen molar-refractivity contribution in [2.24, 2.45) is 5.92 Å². The van der Waals surface area contributed by atoms with Crippen LogP contribution < -0.4 is 0 Å². The summed E-state index contributed by atoms with van der Waals surface area (Å²) >= 11 is -0.556. The molecule has 0 spiro atoms. The molecule has 2 aromatic rings. The van der Waals surface area contributed by atoms with Crippen molar-refractivity contribution in [2.45, 2.75) is 38.5 Å². The quantitative estimate of drug-likeness (QED) is 0.304. The molecule has 0 aromatic heterocycles. The van der Waals surface area contributed by atoms with E-state index in [1.165, 1.54) is 28.7 Å². The third kappa shape index (κ3) is 8.84. The summed E-state index contributed by atoms with van der Waals surface area (Å²) in [5.74, 6) is -0.270. The molecule has 151 valence electrons. The van der Waals surface area contributed by atoms with Crippen LogP contribution in [-0.2, 0) is 28.2 Å². The summed E-state index contributed by atoms with van der Waals surface area (Å²) < 4.78 is 0. The molecule has 4 rings (SSSR count). The van der Waals surface area contributed by atoms with Crippen molar-refractivity contribution in [3.63, 3.8) is 0 Å². The SMILES string of the molecule is [CH3-].[CH3-].[Cl][Ti+4][Cl].[NH-]C(=O)C1CCCCC1.[SiH3].[c-]1cccc2c1Cc1ccccc1-2. The summed E-state index contributed by atoms with van der Waals surface area (Å²) in [6.07, 6.45) is 6.52. The number of carbonyl (C=O) groups is 1. The van der Waals surface area contributed by atoms with Gasteiger partial charge >= 0.3 is 35.6 Å². The second-order valence-corrected chi connectivity index (χ2v) is 8.75. The first-order valence-electron chi connectivity index (χ1n) is 8.47. The normalized spacial score (nSPS) is 13.5. The third-order valence-corrected chi connectivity index (χ3v) is 4.59. The van der Waals surface area contributed by atoms with E-state index in [1.54, 1.807) is 0 Å². The summed E-state index contributed by atoms with van der Waals surface area (Å²) in [7, 11) is 9.78. The maximum atomic E-state index is 10.5. The number of carbonyl (C=O) groups excluding carboxylic acids is 1. The Morgan fingerprint density at radius 2 is 1.57 bits per heavy atom. The molecule has 0 saturated heterocycles. The standard InChI is InChI=1S/C13H9.C7H13NO.2CH3.2ClH.H3Si.Ti/c1-3-7-12-10(5-1)9-11-6-2-4-8-13(11)12;8-7(9)6-4-2-1-3-5-6;;;;;;/h1-5,7-8H,9H2;6H,1-5H2,(H2,8,9);2*1H3;2*1H;1H3;/q-1;;2*-1;;;;+6/p-3. The molecular formula is C22H30Cl2NOSiTi. The minimum Gasteiger partial charge on any atom is -0.668 e. The van der Waals surface area contributed by atoms with Crippen LogP contribution in [0, 0.1) is 26.8 Å². The topological polar surface area (TPSA) is 40.9 Å². The smallest absolute Gasteiger partial charge is 0.0519 e. The molecule has 1 radical (unpaired) electrons. The van der Waals surface area contributed by atoms with Gasteiger partial charge in [-0.1, -0.05) is 54.7 Å². The Balaban J connectivity index is 0. The predicted octanol–water partition coefficient (Wildman–Crippen LogP) is 6.30. The van der Waals surface area contributed by atoms with E-state index in [0.717, 1.165) is 32.1 Å². The molecule has 2 aromatic carbocycles. The molecule has 6 heteroatoms. The van der Waals surface area contributed by atoms with Gasteiger partial charge in [0.05, 0.1) is 5.91 Å². The largest absolute Gasteiger partial charge is 0.668 e. The number of hydrogen-bond acceptors (Lipinski definition) is 1. The average Bonchev–Trinajstić information content (AvgIpc) is 3.02. The molecule has 1 N–H and O–H groups in total. The molecule has 1 fully saturated rings. The van der Waals surface area contributed by atoms with Gasteiger partial charge in [-0.15, -0.1) is 5.56 Å². The Morgan fingerprint density at radius 1 is 1.00 bits per heavy atom. The fourth-order valence-corrected chi connectivity index (χ4v) is 3.36. The monoisotopic (exact) mass is 470 g/mol. The van der Waals surface area contributed by atoms with Crippen molar-refractivity contribution < 1.29 is 21.8 Å². The van der Waals surface area contributed by atoms with Gasteiger partial charge in [-0.25, -0.2) is 0 Å². The zero-order valence-corrected chi connectivity index (χ0v) is 22.1. The predicted molar refractivity (Wildman–Crippen MR) is 124 cm³/mol. The molecule has 0 aliphatic heterocycles. The van der Waals surface area contributed by atoms with Gasteiger partial charge in [0.15, 0.2) is 0 Å². The number of hydrogen-bond donors (Lipinski definition) is 0. The molecule has 0 atom stereocenters. The van der Waals surface area contributed by atoms with Crippen molar-refractivity contribution in [1.82, 2.24) is 0 Å². The summed E-state index contributed by atoms with van der Waals surface area (Å²) in [6.45, 7) is 0. The van der Waals surface area contributed by atoms with Crippen LogP contribution in [-0.4, -0.2) is 16.9 Å². The molecule has 0 heterocycles. The van der Waals surface area contributed by atoms with E-state index in [9.17, 15) is 4.79 Å². The third-order valence-electron chi connectivity index (χ3n) is 4.59. The van der Waals surface area contributed by atoms with Crippen LogP contribution >= 0.6 is 18.6 Å². The number of halogens is 2. The van der Waals surface area contributed by atoms with E-state index >= 15 is 0 Å². The first kappa shape index (κ1) is 29.6. The van der Waals surface area contributed by atoms with Crippen LogP contribution in [0.1, 0.15) is 43.2 Å². The molecule has 1 saturated carbocycles. The minimum atomic E-state index is -0.556. The minimum absolute atomic E-state index is 0. The Hall–Kier alpha value is -0.579. The van der Waals surface area contributed by atoms with E-state index in [0.29, 0.717) is 0 Å². The average molecular weight is 471 g/mol. The van der Waals surface area contributed by atoms with E-state index in [2.05, 4.69) is 42.5 Å². The zero-order valence-electron chi connectivity index (χ0n) is 17.0. The molecule has 1 amide bonds. The first-order chi connectivity index (χ1) is 12.2. The summed E-state index contributed by atoms with van der Waals surface area (Å²) in [6, 6.07) is 18.1. The number of rotatable bonds is 1. The van der Waals surface area contributed by atoms with Gasteiger partial charge in [-0.05, 0) is 30.2 Å². The van der Waals surface area contributed by atoms with Gasteiger partial charge < -0.3 is 25.4 Å². The number of benzene rings is 2. The summed E-state index contributed by atoms with van der Waals surface area (Å²) in [5.41, 5.74) is 12.3. The van der Waals surface area contributed by atoms with Gasteiger partial charge in [0, 0.05) is 5.92 Å². The summed E-state index contributed by atoms with van der Waals surface area (Å²) in [5, 5.41) is 0. The van der Waals surface area contributed by atoms with Crippen LogP contribution in [0.3, 0.4) is 0 Å². The number of amides is 1. The van der Waals surface area contributed by atoms with Gasteiger partial charge in [0.25, 0.3) is 0 Å². The van der Waals surface area contributed by atoms with Crippen molar-refractivity contribution in [3.8, 4) is 11.1 Å². The second kappa shape index (κ2) is 16.2. The van der Waals surface area contributed by atoms with Gasteiger partial charge in [-0.2, -0.15) is 29.8 Å². The van der Waals surface area contributed by atoms with E-state index in [-0.39, 0.29) is 37.6 Å². The van der Waals surface area contributed by atoms with Crippen LogP contribution in [0.15, 0.2) is 42.5 Å². The Kier molecular flexibility index (Phi) is 17.2. The molecule has 0 bridgehead atoms. The van der Waals surface area contributed by atoms with Crippen LogP contribution in [0.5, 0.6) is 0 Å². The molecule has 28 heavy (non-hydrogen) atoms. The van der Waals surface area contributed by atoms with Crippen LogP contribution in [0.25, 0.3) is 16.9 Å². The Bertz CT molecular complexity index is 650. The van der Waals surface area contributed by atoms with Crippen molar-refractivity contribution >= 4 is 35.5 Å². The molecular weight excluding hydrogens is 441 g/mol. The maximum absolute atomic E-state index is 10.5. The number of nitrogens with one attached hydrogen (secondary N) is 1.